The van der Waals surface area contributed by atoms with Crippen LogP contribution in [-0.4, -0.2) is 24.3 Å². The Balaban J connectivity index is 3.98. The van der Waals surface area contributed by atoms with Gasteiger partial charge in [0.1, 0.15) is 0 Å². The summed E-state index contributed by atoms with van der Waals surface area (Å²) in [5.41, 5.74) is 0. The molecular formula is C8H16N2. The summed E-state index contributed by atoms with van der Waals surface area (Å²) in [5, 5.41) is 0. The SMILES string of the molecule is C/C=C\N(C=NC)C(C)C. The van der Waals surface area contributed by atoms with E-state index in [1.165, 1.54) is 0 Å². The number of aliphatic imine (C=N–C) groups is 1. The Labute approximate surface area is 63.3 Å². The third-order valence-corrected chi connectivity index (χ3v) is 1.17. The lowest BCUT2D eigenvalue weighted by Crippen LogP contribution is -2.23. The molecule has 0 N–H and O–H groups in total. The quantitative estimate of drug-likeness (QED) is 0.432. The molecule has 0 aliphatic rings. The van der Waals surface area contributed by atoms with Crippen LogP contribution in [0.2, 0.25) is 0 Å². The van der Waals surface area contributed by atoms with E-state index < -0.39 is 0 Å². The van der Waals surface area contributed by atoms with Crippen LogP contribution in [0.1, 0.15) is 20.8 Å². The fraction of sp³-hybridized carbons (Fsp3) is 0.625. The first kappa shape index (κ1) is 9.21. The maximum Gasteiger partial charge on any atom is 0.0888 e. The van der Waals surface area contributed by atoms with Crippen molar-refractivity contribution in [3.05, 3.63) is 12.3 Å². The molecule has 10 heavy (non-hydrogen) atoms. The van der Waals surface area contributed by atoms with Gasteiger partial charge in [-0.05, 0) is 20.8 Å². The molecule has 0 saturated heterocycles. The fourth-order valence-electron chi connectivity index (χ4n) is 0.649. The average molecular weight is 140 g/mol. The van der Waals surface area contributed by atoms with E-state index in [0.717, 1.165) is 0 Å². The van der Waals surface area contributed by atoms with Crippen molar-refractivity contribution in [2.24, 2.45) is 4.99 Å². The molecule has 0 aliphatic heterocycles. The van der Waals surface area contributed by atoms with Crippen molar-refractivity contribution >= 4 is 6.34 Å². The first-order chi connectivity index (χ1) is 4.72. The van der Waals surface area contributed by atoms with Crippen LogP contribution < -0.4 is 0 Å². The summed E-state index contributed by atoms with van der Waals surface area (Å²) in [6, 6.07) is 0.486. The maximum atomic E-state index is 3.93. The fourth-order valence-corrected chi connectivity index (χ4v) is 0.649. The zero-order chi connectivity index (χ0) is 7.98. The highest BCUT2D eigenvalue weighted by molar-refractivity contribution is 5.56. The Kier molecular flexibility index (Phi) is 4.63. The molecule has 0 aliphatic carbocycles. The lowest BCUT2D eigenvalue weighted by molar-refractivity contribution is 0.470. The summed E-state index contributed by atoms with van der Waals surface area (Å²) in [5.74, 6) is 0. The summed E-state index contributed by atoms with van der Waals surface area (Å²) in [7, 11) is 1.78. The van der Waals surface area contributed by atoms with Crippen molar-refractivity contribution in [2.45, 2.75) is 26.8 Å². The third-order valence-electron chi connectivity index (χ3n) is 1.17. The second-order valence-electron chi connectivity index (χ2n) is 2.40. The van der Waals surface area contributed by atoms with Gasteiger partial charge in [-0.2, -0.15) is 0 Å². The molecule has 0 bridgehead atoms. The lowest BCUT2D eigenvalue weighted by Gasteiger charge is -2.18. The molecule has 0 aromatic rings. The number of rotatable bonds is 3. The van der Waals surface area contributed by atoms with E-state index >= 15 is 0 Å². The highest BCUT2D eigenvalue weighted by Crippen LogP contribution is 1.94. The molecule has 0 radical (unpaired) electrons. The van der Waals surface area contributed by atoms with Crippen LogP contribution in [0.15, 0.2) is 17.3 Å². The summed E-state index contributed by atoms with van der Waals surface area (Å²) in [6.45, 7) is 6.25. The van der Waals surface area contributed by atoms with Crippen molar-refractivity contribution in [2.75, 3.05) is 7.05 Å². The van der Waals surface area contributed by atoms with E-state index in [0.29, 0.717) is 6.04 Å². The summed E-state index contributed by atoms with van der Waals surface area (Å²) in [4.78, 5) is 5.98. The molecule has 0 aromatic carbocycles. The third kappa shape index (κ3) is 3.28. The van der Waals surface area contributed by atoms with Crippen molar-refractivity contribution in [1.29, 1.82) is 0 Å². The van der Waals surface area contributed by atoms with Crippen LogP contribution in [0.3, 0.4) is 0 Å². The van der Waals surface area contributed by atoms with Crippen LogP contribution in [0.25, 0.3) is 0 Å². The van der Waals surface area contributed by atoms with Gasteiger partial charge in [0.2, 0.25) is 0 Å². The highest BCUT2D eigenvalue weighted by Gasteiger charge is 1.97. The number of nitrogens with zero attached hydrogens (tertiary/aromatic N) is 2. The predicted octanol–water partition coefficient (Wildman–Crippen LogP) is 1.89. The molecule has 2 nitrogen and oxygen atoms in total. The van der Waals surface area contributed by atoms with E-state index in [9.17, 15) is 0 Å². The standard InChI is InChI=1S/C8H16N2/c1-5-6-10(7-9-4)8(2)3/h5-8H,1-4H3/b6-5-,9-7?. The zero-order valence-electron chi connectivity index (χ0n) is 7.20. The summed E-state index contributed by atoms with van der Waals surface area (Å²) < 4.78 is 0. The Morgan fingerprint density at radius 3 is 2.30 bits per heavy atom. The van der Waals surface area contributed by atoms with Gasteiger partial charge >= 0.3 is 0 Å². The average Bonchev–Trinajstić information content (AvgIpc) is 1.87. The van der Waals surface area contributed by atoms with E-state index in [1.54, 1.807) is 7.05 Å². The normalized spacial score (nSPS) is 12.1. The van der Waals surface area contributed by atoms with Crippen molar-refractivity contribution in [1.82, 2.24) is 4.90 Å². The van der Waals surface area contributed by atoms with Crippen LogP contribution in [0.5, 0.6) is 0 Å². The van der Waals surface area contributed by atoms with E-state index in [4.69, 9.17) is 0 Å². The Bertz CT molecular complexity index is 113. The first-order valence-electron chi connectivity index (χ1n) is 3.55. The number of hydrogen-bond acceptors (Lipinski definition) is 1. The van der Waals surface area contributed by atoms with Crippen molar-refractivity contribution in [3.8, 4) is 0 Å². The molecule has 0 unspecified atom stereocenters. The molecule has 0 atom stereocenters. The minimum absolute atomic E-state index is 0.486. The van der Waals surface area contributed by atoms with Gasteiger partial charge in [-0.1, -0.05) is 6.08 Å². The number of hydrogen-bond donors (Lipinski definition) is 0. The van der Waals surface area contributed by atoms with E-state index in [1.807, 2.05) is 25.5 Å². The second kappa shape index (κ2) is 5.03. The van der Waals surface area contributed by atoms with Gasteiger partial charge in [-0.15, -0.1) is 0 Å². The zero-order valence-corrected chi connectivity index (χ0v) is 7.20. The molecular weight excluding hydrogens is 124 g/mol. The first-order valence-corrected chi connectivity index (χ1v) is 3.55. The number of allylic oxidation sites excluding steroid dienone is 1. The van der Waals surface area contributed by atoms with Gasteiger partial charge in [-0.3, -0.25) is 4.99 Å². The molecule has 0 aromatic heterocycles. The summed E-state index contributed by atoms with van der Waals surface area (Å²) >= 11 is 0. The van der Waals surface area contributed by atoms with Gasteiger partial charge < -0.3 is 4.90 Å². The molecule has 0 amide bonds. The van der Waals surface area contributed by atoms with Gasteiger partial charge in [0.25, 0.3) is 0 Å². The Hall–Kier alpha value is -0.790. The second-order valence-corrected chi connectivity index (χ2v) is 2.40. The largest absolute Gasteiger partial charge is 0.337 e. The van der Waals surface area contributed by atoms with Gasteiger partial charge in [0.05, 0.1) is 6.34 Å². The lowest BCUT2D eigenvalue weighted by atomic mass is 10.3. The minimum atomic E-state index is 0.486. The van der Waals surface area contributed by atoms with E-state index in [2.05, 4.69) is 23.7 Å². The maximum absolute atomic E-state index is 3.93. The van der Waals surface area contributed by atoms with Crippen LogP contribution in [0, 0.1) is 0 Å². The minimum Gasteiger partial charge on any atom is -0.337 e. The van der Waals surface area contributed by atoms with Crippen molar-refractivity contribution in [3.63, 3.8) is 0 Å². The smallest absolute Gasteiger partial charge is 0.0888 e. The van der Waals surface area contributed by atoms with Gasteiger partial charge in [-0.25, -0.2) is 0 Å². The Morgan fingerprint density at radius 2 is 2.00 bits per heavy atom. The highest BCUT2D eigenvalue weighted by atomic mass is 15.1. The topological polar surface area (TPSA) is 15.6 Å². The monoisotopic (exact) mass is 140 g/mol. The van der Waals surface area contributed by atoms with Crippen LogP contribution in [0.4, 0.5) is 0 Å². The van der Waals surface area contributed by atoms with E-state index in [-0.39, 0.29) is 0 Å². The van der Waals surface area contributed by atoms with Gasteiger partial charge in [0.15, 0.2) is 0 Å². The van der Waals surface area contributed by atoms with Crippen LogP contribution in [-0.2, 0) is 0 Å². The summed E-state index contributed by atoms with van der Waals surface area (Å²) in [6.07, 6.45) is 5.84. The molecule has 0 fully saturated rings. The molecule has 0 rings (SSSR count). The molecule has 2 heteroatoms. The molecule has 58 valence electrons. The Morgan fingerprint density at radius 1 is 1.40 bits per heavy atom. The molecule has 0 heterocycles. The predicted molar refractivity (Wildman–Crippen MR) is 46.2 cm³/mol. The van der Waals surface area contributed by atoms with Gasteiger partial charge in [0, 0.05) is 19.3 Å². The molecule has 0 saturated carbocycles. The van der Waals surface area contributed by atoms with Crippen LogP contribution >= 0.6 is 0 Å². The van der Waals surface area contributed by atoms with Crippen molar-refractivity contribution < 1.29 is 0 Å². The molecule has 0 spiro atoms.